The van der Waals surface area contributed by atoms with E-state index in [1.807, 2.05) is 38.1 Å². The van der Waals surface area contributed by atoms with Gasteiger partial charge in [0.2, 0.25) is 0 Å². The van der Waals surface area contributed by atoms with Crippen molar-refractivity contribution in [3.8, 4) is 5.75 Å². The summed E-state index contributed by atoms with van der Waals surface area (Å²) >= 11 is 5.51. The fraction of sp³-hybridized carbons (Fsp3) is 0.458. The van der Waals surface area contributed by atoms with Gasteiger partial charge in [-0.3, -0.25) is 0 Å². The number of hydrogen-bond acceptors (Lipinski definition) is 3. The molecule has 0 unspecified atom stereocenters. The lowest BCUT2D eigenvalue weighted by atomic mass is 9.98. The topological polar surface area (TPSA) is 36.5 Å². The number of benzene rings is 2. The van der Waals surface area contributed by atoms with Crippen molar-refractivity contribution in [2.24, 2.45) is 5.92 Å². The summed E-state index contributed by atoms with van der Waals surface area (Å²) in [6.45, 7) is 10.8. The highest BCUT2D eigenvalue weighted by Gasteiger charge is 2.16. The van der Waals surface area contributed by atoms with E-state index in [4.69, 9.17) is 17.0 Å². The van der Waals surface area contributed by atoms with Gasteiger partial charge in [-0.15, -0.1) is 0 Å². The van der Waals surface area contributed by atoms with Crippen molar-refractivity contribution in [2.75, 3.05) is 23.3 Å². The average molecular weight is 412 g/mol. The van der Waals surface area contributed by atoms with Gasteiger partial charge in [-0.25, -0.2) is 0 Å². The number of anilines is 2. The predicted molar refractivity (Wildman–Crippen MR) is 127 cm³/mol. The third-order valence-corrected chi connectivity index (χ3v) is 5.57. The van der Waals surface area contributed by atoms with Crippen LogP contribution >= 0.6 is 12.2 Å². The molecule has 0 spiro atoms. The molecule has 1 aliphatic rings. The van der Waals surface area contributed by atoms with Gasteiger partial charge in [-0.05, 0) is 81.6 Å². The number of ether oxygens (including phenoxy) is 1. The molecule has 0 saturated carbocycles. The minimum absolute atomic E-state index is 0.125. The van der Waals surface area contributed by atoms with Crippen LogP contribution in [0.3, 0.4) is 0 Å². The number of thiocarbonyl (C=S) groups is 1. The molecule has 1 fully saturated rings. The summed E-state index contributed by atoms with van der Waals surface area (Å²) in [6.07, 6.45) is 2.71. The van der Waals surface area contributed by atoms with Gasteiger partial charge in [-0.2, -0.15) is 0 Å². The molecule has 29 heavy (non-hydrogen) atoms. The summed E-state index contributed by atoms with van der Waals surface area (Å²) < 4.78 is 5.75. The molecule has 0 aliphatic carbocycles. The summed E-state index contributed by atoms with van der Waals surface area (Å²) in [7, 11) is 0. The largest absolute Gasteiger partial charge is 0.491 e. The highest BCUT2D eigenvalue weighted by atomic mass is 32.1. The van der Waals surface area contributed by atoms with Crippen molar-refractivity contribution in [3.63, 3.8) is 0 Å². The molecule has 0 bridgehead atoms. The van der Waals surface area contributed by atoms with Crippen LogP contribution in [0.1, 0.15) is 52.1 Å². The van der Waals surface area contributed by atoms with E-state index in [1.165, 1.54) is 24.1 Å². The molecular formula is C24H33N3OS. The van der Waals surface area contributed by atoms with Gasteiger partial charge < -0.3 is 20.3 Å². The van der Waals surface area contributed by atoms with Gasteiger partial charge in [0.1, 0.15) is 5.75 Å². The molecule has 2 N–H and O–H groups in total. The highest BCUT2D eigenvalue weighted by Crippen LogP contribution is 2.25. The smallest absolute Gasteiger partial charge is 0.171 e. The van der Waals surface area contributed by atoms with Crippen LogP contribution in [-0.4, -0.2) is 24.3 Å². The second-order valence-corrected chi connectivity index (χ2v) is 8.68. The van der Waals surface area contributed by atoms with Crippen LogP contribution in [0.4, 0.5) is 11.4 Å². The number of rotatable bonds is 6. The van der Waals surface area contributed by atoms with Gasteiger partial charge in [0.15, 0.2) is 5.11 Å². The van der Waals surface area contributed by atoms with Crippen molar-refractivity contribution in [1.29, 1.82) is 0 Å². The number of nitrogens with one attached hydrogen (secondary N) is 2. The monoisotopic (exact) mass is 411 g/mol. The Balaban J connectivity index is 1.54. The summed E-state index contributed by atoms with van der Waals surface area (Å²) in [6, 6.07) is 16.9. The van der Waals surface area contributed by atoms with Crippen LogP contribution in [0.25, 0.3) is 0 Å². The molecule has 1 heterocycles. The second-order valence-electron chi connectivity index (χ2n) is 8.28. The van der Waals surface area contributed by atoms with Gasteiger partial charge in [0.25, 0.3) is 0 Å². The lowest BCUT2D eigenvalue weighted by molar-refractivity contribution is 0.242. The maximum atomic E-state index is 5.75. The fourth-order valence-electron chi connectivity index (χ4n) is 3.61. The Bertz CT molecular complexity index is 798. The minimum Gasteiger partial charge on any atom is -0.491 e. The molecule has 0 radical (unpaired) electrons. The van der Waals surface area contributed by atoms with Crippen molar-refractivity contribution < 1.29 is 4.74 Å². The van der Waals surface area contributed by atoms with E-state index >= 15 is 0 Å². The van der Waals surface area contributed by atoms with Gasteiger partial charge in [-0.1, -0.05) is 25.1 Å². The fourth-order valence-corrected chi connectivity index (χ4v) is 3.90. The SMILES string of the molecule is CC1CCN(c2ccc([C@@H](C)NC(=S)Nc3cccc(OC(C)C)c3)cc2)CC1. The van der Waals surface area contributed by atoms with E-state index in [-0.39, 0.29) is 12.1 Å². The van der Waals surface area contributed by atoms with E-state index in [2.05, 4.69) is 53.6 Å². The zero-order valence-electron chi connectivity index (χ0n) is 17.9. The summed E-state index contributed by atoms with van der Waals surface area (Å²) in [5.74, 6) is 1.68. The van der Waals surface area contributed by atoms with E-state index in [0.717, 1.165) is 30.4 Å². The highest BCUT2D eigenvalue weighted by molar-refractivity contribution is 7.80. The maximum Gasteiger partial charge on any atom is 0.171 e. The van der Waals surface area contributed by atoms with E-state index < -0.39 is 0 Å². The summed E-state index contributed by atoms with van der Waals surface area (Å²) in [5, 5.41) is 7.24. The van der Waals surface area contributed by atoms with Crippen molar-refractivity contribution in [2.45, 2.75) is 52.7 Å². The normalized spacial score (nSPS) is 15.8. The molecular weight excluding hydrogens is 378 g/mol. The first-order valence-corrected chi connectivity index (χ1v) is 11.0. The van der Waals surface area contributed by atoms with Crippen molar-refractivity contribution in [3.05, 3.63) is 54.1 Å². The number of nitrogens with zero attached hydrogens (tertiary/aromatic N) is 1. The van der Waals surface area contributed by atoms with E-state index in [9.17, 15) is 0 Å². The van der Waals surface area contributed by atoms with Crippen LogP contribution in [-0.2, 0) is 0 Å². The van der Waals surface area contributed by atoms with Gasteiger partial charge in [0.05, 0.1) is 12.1 Å². The molecule has 1 aliphatic heterocycles. The lowest BCUT2D eigenvalue weighted by Crippen LogP contribution is -2.33. The first-order valence-electron chi connectivity index (χ1n) is 10.6. The molecule has 1 saturated heterocycles. The molecule has 5 heteroatoms. The molecule has 0 amide bonds. The van der Waals surface area contributed by atoms with Gasteiger partial charge >= 0.3 is 0 Å². The van der Waals surface area contributed by atoms with Gasteiger partial charge in [0, 0.05) is 30.5 Å². The molecule has 1 atom stereocenters. The van der Waals surface area contributed by atoms with Crippen molar-refractivity contribution in [1.82, 2.24) is 5.32 Å². The first-order chi connectivity index (χ1) is 13.9. The first kappa shape index (κ1) is 21.4. The van der Waals surface area contributed by atoms with E-state index in [1.54, 1.807) is 0 Å². The lowest BCUT2D eigenvalue weighted by Gasteiger charge is -2.32. The molecule has 2 aromatic rings. The molecule has 156 valence electrons. The van der Waals surface area contributed by atoms with Crippen LogP contribution in [0, 0.1) is 5.92 Å². The molecule has 3 rings (SSSR count). The van der Waals surface area contributed by atoms with Crippen LogP contribution in [0.15, 0.2) is 48.5 Å². The molecule has 4 nitrogen and oxygen atoms in total. The minimum atomic E-state index is 0.125. The van der Waals surface area contributed by atoms with Crippen LogP contribution in [0.2, 0.25) is 0 Å². The Morgan fingerprint density at radius 1 is 1.07 bits per heavy atom. The predicted octanol–water partition coefficient (Wildman–Crippen LogP) is 5.76. The molecule has 2 aromatic carbocycles. The second kappa shape index (κ2) is 9.97. The Morgan fingerprint density at radius 3 is 2.41 bits per heavy atom. The maximum absolute atomic E-state index is 5.75. The zero-order chi connectivity index (χ0) is 20.8. The summed E-state index contributed by atoms with van der Waals surface area (Å²) in [4.78, 5) is 2.49. The quantitative estimate of drug-likeness (QED) is 0.591. The zero-order valence-corrected chi connectivity index (χ0v) is 18.8. The van der Waals surface area contributed by atoms with Crippen molar-refractivity contribution >= 4 is 28.7 Å². The number of piperidine rings is 1. The van der Waals surface area contributed by atoms with Crippen LogP contribution < -0.4 is 20.3 Å². The van der Waals surface area contributed by atoms with Crippen LogP contribution in [0.5, 0.6) is 5.75 Å². The third kappa shape index (κ3) is 6.36. The Kier molecular flexibility index (Phi) is 7.37. The molecule has 0 aromatic heterocycles. The number of hydrogen-bond donors (Lipinski definition) is 2. The Hall–Kier alpha value is -2.27. The average Bonchev–Trinajstić information content (AvgIpc) is 2.68. The Morgan fingerprint density at radius 2 is 1.76 bits per heavy atom. The Labute approximate surface area is 180 Å². The van der Waals surface area contributed by atoms with E-state index in [0.29, 0.717) is 5.11 Å². The summed E-state index contributed by atoms with van der Waals surface area (Å²) in [5.41, 5.74) is 3.46. The third-order valence-electron chi connectivity index (χ3n) is 5.35. The standard InChI is InChI=1S/C24H33N3OS/c1-17(2)28-23-7-5-6-21(16-23)26-24(29)25-19(4)20-8-10-22(11-9-20)27-14-12-18(3)13-15-27/h5-11,16-19H,12-15H2,1-4H3,(H2,25,26,29)/t19-/m1/s1.